The summed E-state index contributed by atoms with van der Waals surface area (Å²) in [5, 5.41) is 7.65. The molecule has 0 N–H and O–H groups in total. The Morgan fingerprint density at radius 2 is 1.90 bits per heavy atom. The Labute approximate surface area is 122 Å². The Bertz CT molecular complexity index is 750. The van der Waals surface area contributed by atoms with Crippen LogP contribution in [-0.2, 0) is 12.5 Å². The lowest BCUT2D eigenvalue weighted by Gasteiger charge is -2.22. The molecular formula is C15H19FN4O. The summed E-state index contributed by atoms with van der Waals surface area (Å²) in [4.78, 5) is 12.1. The second-order valence-electron chi connectivity index (χ2n) is 6.71. The maximum Gasteiger partial charge on any atom is 0.368 e. The average molecular weight is 290 g/mol. The third kappa shape index (κ3) is 2.39. The highest BCUT2D eigenvalue weighted by Crippen LogP contribution is 2.44. The Morgan fingerprint density at radius 1 is 1.24 bits per heavy atom. The zero-order valence-corrected chi connectivity index (χ0v) is 12.7. The molecule has 0 aliphatic heterocycles. The van der Waals surface area contributed by atoms with E-state index in [1.807, 2.05) is 20.8 Å². The van der Waals surface area contributed by atoms with Crippen molar-refractivity contribution in [1.82, 2.24) is 19.8 Å². The molecule has 1 aliphatic carbocycles. The molecule has 0 spiro atoms. The van der Waals surface area contributed by atoms with Crippen molar-refractivity contribution in [1.29, 1.82) is 0 Å². The van der Waals surface area contributed by atoms with Gasteiger partial charge in [-0.2, -0.15) is 9.36 Å². The van der Waals surface area contributed by atoms with Crippen molar-refractivity contribution in [2.45, 2.75) is 44.9 Å². The summed E-state index contributed by atoms with van der Waals surface area (Å²) < 4.78 is 16.9. The van der Waals surface area contributed by atoms with Crippen LogP contribution in [0.15, 0.2) is 16.9 Å². The molecule has 0 radical (unpaired) electrons. The Balaban J connectivity index is 2.26. The molecule has 5 nitrogen and oxygen atoms in total. The predicted octanol–water partition coefficient (Wildman–Crippen LogP) is 2.28. The van der Waals surface area contributed by atoms with E-state index in [9.17, 15) is 9.18 Å². The second kappa shape index (κ2) is 4.51. The van der Waals surface area contributed by atoms with Crippen molar-refractivity contribution in [2.24, 2.45) is 7.05 Å². The fourth-order valence-corrected chi connectivity index (χ4v) is 2.52. The molecule has 1 aromatic heterocycles. The number of halogens is 1. The van der Waals surface area contributed by atoms with E-state index < -0.39 is 0 Å². The summed E-state index contributed by atoms with van der Waals surface area (Å²) >= 11 is 0. The van der Waals surface area contributed by atoms with Gasteiger partial charge in [0.2, 0.25) is 0 Å². The zero-order chi connectivity index (χ0) is 15.4. The minimum atomic E-state index is -0.341. The average Bonchev–Trinajstić information content (AvgIpc) is 3.17. The number of aryl methyl sites for hydroxylation is 1. The fourth-order valence-electron chi connectivity index (χ4n) is 2.52. The first-order chi connectivity index (χ1) is 9.79. The summed E-state index contributed by atoms with van der Waals surface area (Å²) in [5.41, 5.74) is 1.43. The molecule has 1 fully saturated rings. The van der Waals surface area contributed by atoms with Crippen LogP contribution in [0.2, 0.25) is 0 Å². The van der Waals surface area contributed by atoms with Gasteiger partial charge in [0.1, 0.15) is 5.82 Å². The summed E-state index contributed by atoms with van der Waals surface area (Å²) in [6.07, 6.45) is 2.05. The minimum absolute atomic E-state index is 0.218. The first-order valence-corrected chi connectivity index (χ1v) is 7.12. The molecule has 0 amide bonds. The maximum atomic E-state index is 14.4. The molecule has 3 rings (SSSR count). The minimum Gasteiger partial charge on any atom is -0.244 e. The van der Waals surface area contributed by atoms with Crippen LogP contribution in [0, 0.1) is 5.82 Å². The Hall–Kier alpha value is -1.98. The van der Waals surface area contributed by atoms with E-state index in [0.29, 0.717) is 17.2 Å². The standard InChI is InChI=1S/C15H19FN4O/c1-15(2,3)11-8-13(20-14(21)19(4)17-18-20)10(7-12(11)16)9-5-6-9/h7-9H,5-6H2,1-4H3. The quantitative estimate of drug-likeness (QED) is 0.852. The second-order valence-corrected chi connectivity index (χ2v) is 6.71. The normalized spacial score (nSPS) is 15.5. The molecule has 1 aromatic carbocycles. The van der Waals surface area contributed by atoms with Crippen LogP contribution >= 0.6 is 0 Å². The fraction of sp³-hybridized carbons (Fsp3) is 0.533. The van der Waals surface area contributed by atoms with Gasteiger partial charge in [-0.25, -0.2) is 9.18 Å². The van der Waals surface area contributed by atoms with E-state index in [0.717, 1.165) is 18.4 Å². The van der Waals surface area contributed by atoms with Crippen LogP contribution in [0.5, 0.6) is 0 Å². The molecule has 112 valence electrons. The molecule has 0 atom stereocenters. The molecular weight excluding hydrogens is 271 g/mol. The number of hydrogen-bond donors (Lipinski definition) is 0. The smallest absolute Gasteiger partial charge is 0.244 e. The van der Waals surface area contributed by atoms with Crippen LogP contribution < -0.4 is 5.69 Å². The summed E-state index contributed by atoms with van der Waals surface area (Å²) in [6.45, 7) is 5.85. The van der Waals surface area contributed by atoms with E-state index in [2.05, 4.69) is 10.4 Å². The lowest BCUT2D eigenvalue weighted by molar-refractivity contribution is 0.520. The van der Waals surface area contributed by atoms with Crippen molar-refractivity contribution in [3.63, 3.8) is 0 Å². The van der Waals surface area contributed by atoms with Crippen molar-refractivity contribution >= 4 is 0 Å². The maximum absolute atomic E-state index is 14.4. The van der Waals surface area contributed by atoms with Gasteiger partial charge in [0.15, 0.2) is 0 Å². The highest BCUT2D eigenvalue weighted by atomic mass is 19.1. The predicted molar refractivity (Wildman–Crippen MR) is 77.2 cm³/mol. The van der Waals surface area contributed by atoms with Gasteiger partial charge >= 0.3 is 5.69 Å². The molecule has 0 unspecified atom stereocenters. The summed E-state index contributed by atoms with van der Waals surface area (Å²) in [5.74, 6) is 0.0995. The number of nitrogens with zero attached hydrogens (tertiary/aromatic N) is 4. The van der Waals surface area contributed by atoms with Crippen LogP contribution in [0.4, 0.5) is 4.39 Å². The third-order valence-corrected chi connectivity index (χ3v) is 3.89. The zero-order valence-electron chi connectivity index (χ0n) is 12.7. The summed E-state index contributed by atoms with van der Waals surface area (Å²) in [7, 11) is 1.55. The van der Waals surface area contributed by atoms with Gasteiger partial charge in [0.05, 0.1) is 5.69 Å². The van der Waals surface area contributed by atoms with E-state index in [1.54, 1.807) is 19.2 Å². The van der Waals surface area contributed by atoms with Crippen molar-refractivity contribution in [3.05, 3.63) is 39.6 Å². The highest BCUT2D eigenvalue weighted by molar-refractivity contribution is 5.49. The van der Waals surface area contributed by atoms with Crippen molar-refractivity contribution in [2.75, 3.05) is 0 Å². The Morgan fingerprint density at radius 3 is 2.38 bits per heavy atom. The molecule has 0 saturated heterocycles. The SMILES string of the molecule is Cn1nnn(-c2cc(C(C)(C)C)c(F)cc2C2CC2)c1=O. The molecule has 21 heavy (non-hydrogen) atoms. The van der Waals surface area contributed by atoms with Crippen LogP contribution in [0.25, 0.3) is 5.69 Å². The van der Waals surface area contributed by atoms with Crippen molar-refractivity contribution < 1.29 is 4.39 Å². The van der Waals surface area contributed by atoms with Crippen molar-refractivity contribution in [3.8, 4) is 5.69 Å². The largest absolute Gasteiger partial charge is 0.368 e. The summed E-state index contributed by atoms with van der Waals surface area (Å²) in [6, 6.07) is 3.31. The first-order valence-electron chi connectivity index (χ1n) is 7.12. The molecule has 6 heteroatoms. The van der Waals surface area contributed by atoms with Crippen LogP contribution in [0.1, 0.15) is 50.7 Å². The van der Waals surface area contributed by atoms with E-state index >= 15 is 0 Å². The van der Waals surface area contributed by atoms with E-state index in [1.165, 1.54) is 9.36 Å². The number of rotatable bonds is 2. The lowest BCUT2D eigenvalue weighted by atomic mass is 9.85. The van der Waals surface area contributed by atoms with Crippen LogP contribution in [0.3, 0.4) is 0 Å². The topological polar surface area (TPSA) is 52.7 Å². The van der Waals surface area contributed by atoms with Gasteiger partial charge in [0.25, 0.3) is 0 Å². The van der Waals surface area contributed by atoms with E-state index in [4.69, 9.17) is 0 Å². The number of aromatic nitrogens is 4. The van der Waals surface area contributed by atoms with Gasteiger partial charge < -0.3 is 0 Å². The first kappa shape index (κ1) is 14.0. The number of hydrogen-bond acceptors (Lipinski definition) is 3. The van der Waals surface area contributed by atoms with E-state index in [-0.39, 0.29) is 16.9 Å². The van der Waals surface area contributed by atoms with Gasteiger partial charge in [0, 0.05) is 7.05 Å². The Kier molecular flexibility index (Phi) is 3.00. The van der Waals surface area contributed by atoms with Gasteiger partial charge in [-0.15, -0.1) is 0 Å². The highest BCUT2D eigenvalue weighted by Gasteiger charge is 2.31. The van der Waals surface area contributed by atoms with Gasteiger partial charge in [-0.05, 0) is 57.9 Å². The number of benzene rings is 1. The molecule has 1 saturated carbocycles. The van der Waals surface area contributed by atoms with Gasteiger partial charge in [-0.1, -0.05) is 20.8 Å². The lowest BCUT2D eigenvalue weighted by Crippen LogP contribution is -2.24. The third-order valence-electron chi connectivity index (χ3n) is 3.89. The molecule has 0 bridgehead atoms. The molecule has 1 heterocycles. The number of tetrazole rings is 1. The molecule has 1 aliphatic rings. The molecule has 2 aromatic rings. The van der Waals surface area contributed by atoms with Crippen LogP contribution in [-0.4, -0.2) is 19.8 Å². The monoisotopic (exact) mass is 290 g/mol. The van der Waals surface area contributed by atoms with Gasteiger partial charge in [-0.3, -0.25) is 0 Å².